The number of nitrogens with zero attached hydrogens (tertiary/aromatic N) is 3. The maximum absolute atomic E-state index is 10.6. The smallest absolute Gasteiger partial charge is 0.475 e. The first-order valence-corrected chi connectivity index (χ1v) is 4.88. The monoisotopic (exact) mass is 282 g/mol. The van der Waals surface area contributed by atoms with Gasteiger partial charge in [0.2, 0.25) is 0 Å². The number of aliphatic carboxylic acids is 1. The van der Waals surface area contributed by atoms with Gasteiger partial charge in [-0.15, -0.1) is 5.10 Å². The molecule has 0 aliphatic carbocycles. The summed E-state index contributed by atoms with van der Waals surface area (Å²) in [7, 11) is 0. The zero-order valence-corrected chi connectivity index (χ0v) is 10.4. The number of alkyl halides is 3. The van der Waals surface area contributed by atoms with Crippen molar-refractivity contribution in [2.75, 3.05) is 0 Å². The highest BCUT2D eigenvalue weighted by atomic mass is 19.4. The van der Waals surface area contributed by atoms with E-state index in [0.717, 1.165) is 0 Å². The second-order valence-corrected chi connectivity index (χ2v) is 4.39. The molecule has 1 amide bonds. The van der Waals surface area contributed by atoms with Gasteiger partial charge in [0.05, 0.1) is 11.7 Å². The number of carboxylic acid groups (broad SMARTS) is 1. The van der Waals surface area contributed by atoms with Crippen LogP contribution in [0.15, 0.2) is 6.20 Å². The van der Waals surface area contributed by atoms with E-state index in [1.807, 2.05) is 20.8 Å². The van der Waals surface area contributed by atoms with Crippen molar-refractivity contribution in [3.05, 3.63) is 11.9 Å². The van der Waals surface area contributed by atoms with E-state index < -0.39 is 18.1 Å². The van der Waals surface area contributed by atoms with E-state index in [-0.39, 0.29) is 11.2 Å². The minimum atomic E-state index is -5.08. The fourth-order valence-corrected chi connectivity index (χ4v) is 0.705. The predicted molar refractivity (Wildman–Crippen MR) is 57.2 cm³/mol. The highest BCUT2D eigenvalue weighted by Gasteiger charge is 2.38. The van der Waals surface area contributed by atoms with Gasteiger partial charge in [-0.2, -0.15) is 13.2 Å². The summed E-state index contributed by atoms with van der Waals surface area (Å²) in [5.74, 6) is -3.31. The third-order valence-corrected chi connectivity index (χ3v) is 1.68. The molecule has 0 atom stereocenters. The van der Waals surface area contributed by atoms with Crippen molar-refractivity contribution in [1.82, 2.24) is 15.0 Å². The molecule has 0 saturated carbocycles. The Bertz CT molecular complexity index is 462. The Hall–Kier alpha value is -2.13. The fourth-order valence-electron chi connectivity index (χ4n) is 0.705. The molecule has 0 aliphatic heterocycles. The number of hydrogen-bond acceptors (Lipinski definition) is 4. The van der Waals surface area contributed by atoms with Crippen LogP contribution in [0.1, 0.15) is 31.3 Å². The van der Waals surface area contributed by atoms with Gasteiger partial charge in [0.25, 0.3) is 5.91 Å². The van der Waals surface area contributed by atoms with Crippen LogP contribution in [0.3, 0.4) is 0 Å². The van der Waals surface area contributed by atoms with Crippen molar-refractivity contribution in [2.45, 2.75) is 32.5 Å². The summed E-state index contributed by atoms with van der Waals surface area (Å²) in [6.07, 6.45) is -3.54. The number of rotatable bonds is 1. The summed E-state index contributed by atoms with van der Waals surface area (Å²) in [6, 6.07) is 0. The summed E-state index contributed by atoms with van der Waals surface area (Å²) < 4.78 is 33.3. The van der Waals surface area contributed by atoms with Gasteiger partial charge in [-0.1, -0.05) is 5.21 Å². The van der Waals surface area contributed by atoms with E-state index in [4.69, 9.17) is 15.6 Å². The van der Waals surface area contributed by atoms with E-state index in [0.29, 0.717) is 0 Å². The lowest BCUT2D eigenvalue weighted by Gasteiger charge is -2.17. The normalized spacial score (nSPS) is 11.5. The van der Waals surface area contributed by atoms with Crippen LogP contribution in [0.25, 0.3) is 0 Å². The standard InChI is InChI=1S/C7H12N4O.C2HF3O2/c1-7(2,3)11-4-5(6(8)12)9-10-11;3-2(4,5)1(6)7/h4H,1-3H3,(H2,8,12);(H,6,7). The van der Waals surface area contributed by atoms with E-state index in [1.54, 1.807) is 10.9 Å². The first kappa shape index (κ1) is 16.9. The predicted octanol–water partition coefficient (Wildman–Crippen LogP) is 0.765. The Morgan fingerprint density at radius 3 is 1.89 bits per heavy atom. The SMILES string of the molecule is CC(C)(C)n1cc(C(N)=O)nn1.O=C(O)C(F)(F)F. The molecule has 0 spiro atoms. The first-order chi connectivity index (χ1) is 8.35. The molecule has 1 rings (SSSR count). The number of carbonyl (C=O) groups is 2. The van der Waals surface area contributed by atoms with Crippen LogP contribution in [0, 0.1) is 0 Å². The van der Waals surface area contributed by atoms with Crippen LogP contribution in [-0.4, -0.2) is 38.2 Å². The second-order valence-electron chi connectivity index (χ2n) is 4.39. The van der Waals surface area contributed by atoms with Crippen molar-refractivity contribution < 1.29 is 27.9 Å². The van der Waals surface area contributed by atoms with Crippen LogP contribution in [0.4, 0.5) is 13.2 Å². The van der Waals surface area contributed by atoms with Crippen LogP contribution in [0.5, 0.6) is 0 Å². The van der Waals surface area contributed by atoms with Gasteiger partial charge in [0, 0.05) is 0 Å². The Morgan fingerprint density at radius 2 is 1.74 bits per heavy atom. The van der Waals surface area contributed by atoms with Gasteiger partial charge in [0.15, 0.2) is 5.69 Å². The number of carboxylic acids is 1. The van der Waals surface area contributed by atoms with Gasteiger partial charge in [-0.25, -0.2) is 9.48 Å². The van der Waals surface area contributed by atoms with Gasteiger partial charge in [-0.3, -0.25) is 4.79 Å². The molecule has 1 aromatic heterocycles. The number of carbonyl (C=O) groups excluding carboxylic acids is 1. The van der Waals surface area contributed by atoms with Crippen molar-refractivity contribution in [3.8, 4) is 0 Å². The van der Waals surface area contributed by atoms with Crippen LogP contribution >= 0.6 is 0 Å². The number of aromatic nitrogens is 3. The molecule has 0 aliphatic rings. The lowest BCUT2D eigenvalue weighted by atomic mass is 10.1. The summed E-state index contributed by atoms with van der Waals surface area (Å²) in [5.41, 5.74) is 5.05. The molecule has 19 heavy (non-hydrogen) atoms. The van der Waals surface area contributed by atoms with Crippen LogP contribution < -0.4 is 5.73 Å². The number of nitrogens with two attached hydrogens (primary N) is 1. The molecule has 1 heterocycles. The zero-order valence-electron chi connectivity index (χ0n) is 10.4. The zero-order chi connectivity index (χ0) is 15.4. The lowest BCUT2D eigenvalue weighted by Crippen LogP contribution is -2.22. The van der Waals surface area contributed by atoms with E-state index in [1.165, 1.54) is 0 Å². The molecular weight excluding hydrogens is 269 g/mol. The second kappa shape index (κ2) is 5.67. The molecule has 7 nitrogen and oxygen atoms in total. The molecule has 0 bridgehead atoms. The Labute approximate surface area is 106 Å². The molecule has 0 unspecified atom stereocenters. The number of amides is 1. The minimum absolute atomic E-state index is 0.166. The number of primary amides is 1. The van der Waals surface area contributed by atoms with Crippen molar-refractivity contribution in [3.63, 3.8) is 0 Å². The maximum Gasteiger partial charge on any atom is 0.490 e. The van der Waals surface area contributed by atoms with E-state index in [9.17, 15) is 18.0 Å². The summed E-state index contributed by atoms with van der Waals surface area (Å²) in [5, 5.41) is 14.5. The average molecular weight is 282 g/mol. The van der Waals surface area contributed by atoms with Crippen molar-refractivity contribution in [1.29, 1.82) is 0 Å². The number of halogens is 3. The molecular formula is C9H13F3N4O3. The Kier molecular flexibility index (Phi) is 5.04. The molecule has 0 radical (unpaired) electrons. The summed E-state index contributed by atoms with van der Waals surface area (Å²) in [6.45, 7) is 5.89. The molecule has 10 heteroatoms. The summed E-state index contributed by atoms with van der Waals surface area (Å²) >= 11 is 0. The summed E-state index contributed by atoms with van der Waals surface area (Å²) in [4.78, 5) is 19.5. The maximum atomic E-state index is 10.6. The molecule has 0 aromatic carbocycles. The van der Waals surface area contributed by atoms with Gasteiger partial charge in [0.1, 0.15) is 0 Å². The first-order valence-electron chi connectivity index (χ1n) is 4.88. The largest absolute Gasteiger partial charge is 0.490 e. The molecule has 0 fully saturated rings. The Balaban J connectivity index is 0.000000399. The van der Waals surface area contributed by atoms with Gasteiger partial charge >= 0.3 is 12.1 Å². The third kappa shape index (κ3) is 5.84. The average Bonchev–Trinajstić information content (AvgIpc) is 2.64. The third-order valence-electron chi connectivity index (χ3n) is 1.68. The topological polar surface area (TPSA) is 111 Å². The molecule has 1 aromatic rings. The molecule has 3 N–H and O–H groups in total. The van der Waals surface area contributed by atoms with Gasteiger partial charge < -0.3 is 10.8 Å². The lowest BCUT2D eigenvalue weighted by molar-refractivity contribution is -0.192. The molecule has 108 valence electrons. The van der Waals surface area contributed by atoms with Gasteiger partial charge in [-0.05, 0) is 20.8 Å². The highest BCUT2D eigenvalue weighted by Crippen LogP contribution is 2.13. The quantitative estimate of drug-likeness (QED) is 0.790. The van der Waals surface area contributed by atoms with Crippen LogP contribution in [0.2, 0.25) is 0 Å². The van der Waals surface area contributed by atoms with Crippen LogP contribution in [-0.2, 0) is 10.3 Å². The van der Waals surface area contributed by atoms with Crippen molar-refractivity contribution in [2.24, 2.45) is 5.73 Å². The molecule has 0 saturated heterocycles. The number of hydrogen-bond donors (Lipinski definition) is 2. The Morgan fingerprint density at radius 1 is 1.32 bits per heavy atom. The highest BCUT2D eigenvalue weighted by molar-refractivity contribution is 5.90. The fraction of sp³-hybridized carbons (Fsp3) is 0.556. The van der Waals surface area contributed by atoms with E-state index >= 15 is 0 Å². The van der Waals surface area contributed by atoms with Crippen molar-refractivity contribution >= 4 is 11.9 Å². The van der Waals surface area contributed by atoms with E-state index in [2.05, 4.69) is 10.3 Å². The minimum Gasteiger partial charge on any atom is -0.475 e.